The molecule has 9 heteroatoms. The number of rotatable bonds is 5. The second-order valence-electron chi connectivity index (χ2n) is 6.67. The Morgan fingerprint density at radius 1 is 1.20 bits per heavy atom. The zero-order chi connectivity index (χ0) is 18.8. The maximum Gasteiger partial charge on any atom is 0.266 e. The Hall–Kier alpha value is -2.00. The lowest BCUT2D eigenvalue weighted by molar-refractivity contribution is -0.122. The summed E-state index contributed by atoms with van der Waals surface area (Å²) in [6, 6.07) is 7.56. The minimum Gasteiger partial charge on any atom is -0.481 e. The summed E-state index contributed by atoms with van der Waals surface area (Å²) in [5.74, 6) is 0.140. The Balaban J connectivity index is 1.99. The van der Waals surface area contributed by atoms with Crippen molar-refractivity contribution < 1.29 is 17.9 Å². The first-order valence-electron chi connectivity index (χ1n) is 7.58. The molecule has 0 fully saturated rings. The predicted octanol–water partition coefficient (Wildman–Crippen LogP) is 2.65. The number of anilines is 1. The summed E-state index contributed by atoms with van der Waals surface area (Å²) in [6.07, 6.45) is 0.262. The summed E-state index contributed by atoms with van der Waals surface area (Å²) in [7, 11) is -3.44. The summed E-state index contributed by atoms with van der Waals surface area (Å²) in [5.41, 5.74) is 1.20. The van der Waals surface area contributed by atoms with Gasteiger partial charge in [0.2, 0.25) is 19.3 Å². The van der Waals surface area contributed by atoms with E-state index in [0.717, 1.165) is 17.6 Å². The van der Waals surface area contributed by atoms with E-state index in [-0.39, 0.29) is 14.9 Å². The van der Waals surface area contributed by atoms with Crippen molar-refractivity contribution in [1.29, 1.82) is 0 Å². The second kappa shape index (κ2) is 7.09. The predicted molar refractivity (Wildman–Crippen MR) is 96.9 cm³/mol. The number of hydrogen-bond donors (Lipinski definition) is 1. The average molecular weight is 383 g/mol. The number of sulfone groups is 1. The van der Waals surface area contributed by atoms with Gasteiger partial charge < -0.3 is 4.74 Å². The van der Waals surface area contributed by atoms with Gasteiger partial charge in [0.1, 0.15) is 5.75 Å². The van der Waals surface area contributed by atoms with Gasteiger partial charge in [0.25, 0.3) is 5.91 Å². The summed E-state index contributed by atoms with van der Waals surface area (Å²) in [4.78, 5) is 12.2. The smallest absolute Gasteiger partial charge is 0.266 e. The number of nitrogens with one attached hydrogen (secondary N) is 1. The van der Waals surface area contributed by atoms with Crippen molar-refractivity contribution in [3.05, 3.63) is 29.8 Å². The topological polar surface area (TPSA) is 98.2 Å². The van der Waals surface area contributed by atoms with E-state index in [4.69, 9.17) is 4.74 Å². The number of amides is 1. The van der Waals surface area contributed by atoms with Crippen LogP contribution in [0.5, 0.6) is 5.75 Å². The van der Waals surface area contributed by atoms with Crippen molar-refractivity contribution in [3.63, 3.8) is 0 Å². The number of carbonyl (C=O) groups excluding carboxylic acids is 1. The second-order valence-corrected chi connectivity index (χ2v) is 9.84. The minimum atomic E-state index is -3.44. The highest BCUT2D eigenvalue weighted by molar-refractivity contribution is 7.92. The van der Waals surface area contributed by atoms with Crippen molar-refractivity contribution in [2.75, 3.05) is 11.6 Å². The van der Waals surface area contributed by atoms with Gasteiger partial charge in [-0.3, -0.25) is 10.1 Å². The number of carbonyl (C=O) groups is 1. The molecule has 0 radical (unpaired) electrons. The number of ether oxygens (including phenoxy) is 1. The third kappa shape index (κ3) is 5.23. The fourth-order valence-electron chi connectivity index (χ4n) is 1.91. The van der Waals surface area contributed by atoms with E-state index in [1.54, 1.807) is 6.92 Å². The highest BCUT2D eigenvalue weighted by Gasteiger charge is 2.20. The molecule has 1 atom stereocenters. The van der Waals surface area contributed by atoms with Crippen molar-refractivity contribution in [3.8, 4) is 5.75 Å². The maximum absolute atomic E-state index is 12.2. The lowest BCUT2D eigenvalue weighted by Crippen LogP contribution is -2.30. The molecule has 0 spiro atoms. The van der Waals surface area contributed by atoms with Gasteiger partial charge in [-0.2, -0.15) is 0 Å². The molecule has 1 amide bonds. The van der Waals surface area contributed by atoms with E-state index in [1.807, 2.05) is 24.3 Å². The largest absolute Gasteiger partial charge is 0.481 e. The van der Waals surface area contributed by atoms with Gasteiger partial charge >= 0.3 is 0 Å². The number of hydrogen-bond acceptors (Lipinski definition) is 7. The Kier molecular flexibility index (Phi) is 5.48. The van der Waals surface area contributed by atoms with E-state index in [9.17, 15) is 13.2 Å². The van der Waals surface area contributed by atoms with Gasteiger partial charge in [-0.05, 0) is 30.0 Å². The van der Waals surface area contributed by atoms with Crippen LogP contribution in [0.3, 0.4) is 0 Å². The first-order valence-corrected chi connectivity index (χ1v) is 10.3. The molecular weight excluding hydrogens is 362 g/mol. The lowest BCUT2D eigenvalue weighted by atomic mass is 9.87. The molecule has 0 aliphatic carbocycles. The zero-order valence-corrected chi connectivity index (χ0v) is 16.4. The van der Waals surface area contributed by atoms with Crippen LogP contribution in [0.4, 0.5) is 5.13 Å². The third-order valence-corrected chi connectivity index (χ3v) is 5.86. The maximum atomic E-state index is 12.2. The molecule has 2 rings (SSSR count). The molecule has 2 aromatic rings. The number of nitrogens with zero attached hydrogens (tertiary/aromatic N) is 2. The molecule has 136 valence electrons. The molecule has 0 saturated heterocycles. The molecular formula is C16H21N3O4S2. The summed E-state index contributed by atoms with van der Waals surface area (Å²) < 4.78 is 28.2. The standard InChI is InChI=1S/C16H21N3O4S2/c1-10(23-12-8-6-11(7-9-12)16(2,3)4)13(20)17-14-18-19-15(24-14)25(5,21)22/h6-10H,1-5H3,(H,17,18,20)/t10-/m0/s1. The molecule has 0 saturated carbocycles. The van der Waals surface area contributed by atoms with E-state index in [0.29, 0.717) is 5.75 Å². The van der Waals surface area contributed by atoms with E-state index in [2.05, 4.69) is 36.3 Å². The average Bonchev–Trinajstić information content (AvgIpc) is 2.95. The van der Waals surface area contributed by atoms with Gasteiger partial charge in [0.15, 0.2) is 6.10 Å². The van der Waals surface area contributed by atoms with E-state index >= 15 is 0 Å². The van der Waals surface area contributed by atoms with Crippen molar-refractivity contribution in [2.24, 2.45) is 0 Å². The van der Waals surface area contributed by atoms with Crippen LogP contribution in [0.15, 0.2) is 28.6 Å². The van der Waals surface area contributed by atoms with Gasteiger partial charge in [-0.25, -0.2) is 8.42 Å². The molecule has 1 heterocycles. The van der Waals surface area contributed by atoms with Crippen LogP contribution in [0.25, 0.3) is 0 Å². The van der Waals surface area contributed by atoms with Gasteiger partial charge in [-0.1, -0.05) is 44.2 Å². The molecule has 1 aromatic carbocycles. The third-order valence-electron chi connectivity index (χ3n) is 3.36. The number of aromatic nitrogens is 2. The summed E-state index contributed by atoms with van der Waals surface area (Å²) >= 11 is 0.799. The molecule has 1 N–H and O–H groups in total. The van der Waals surface area contributed by atoms with Gasteiger partial charge in [0.05, 0.1) is 0 Å². The Morgan fingerprint density at radius 2 is 1.80 bits per heavy atom. The number of benzene rings is 1. The lowest BCUT2D eigenvalue weighted by Gasteiger charge is -2.20. The first kappa shape index (κ1) is 19.3. The van der Waals surface area contributed by atoms with Crippen LogP contribution in [0, 0.1) is 0 Å². The van der Waals surface area contributed by atoms with Gasteiger partial charge in [-0.15, -0.1) is 10.2 Å². The molecule has 7 nitrogen and oxygen atoms in total. The van der Waals surface area contributed by atoms with Crippen molar-refractivity contribution in [2.45, 2.75) is 43.6 Å². The van der Waals surface area contributed by atoms with Crippen LogP contribution in [-0.4, -0.2) is 36.9 Å². The van der Waals surface area contributed by atoms with Crippen LogP contribution in [0.2, 0.25) is 0 Å². The van der Waals surface area contributed by atoms with E-state index < -0.39 is 21.8 Å². The summed E-state index contributed by atoms with van der Waals surface area (Å²) in [6.45, 7) is 7.95. The Morgan fingerprint density at radius 3 is 2.28 bits per heavy atom. The highest BCUT2D eigenvalue weighted by Crippen LogP contribution is 2.25. The van der Waals surface area contributed by atoms with Crippen LogP contribution in [0.1, 0.15) is 33.3 Å². The Labute approximate surface area is 151 Å². The zero-order valence-electron chi connectivity index (χ0n) is 14.7. The molecule has 0 aliphatic heterocycles. The minimum absolute atomic E-state index is 0.0384. The van der Waals surface area contributed by atoms with Crippen LogP contribution < -0.4 is 10.1 Å². The van der Waals surface area contributed by atoms with E-state index in [1.165, 1.54) is 5.56 Å². The van der Waals surface area contributed by atoms with Gasteiger partial charge in [0, 0.05) is 6.26 Å². The first-order chi connectivity index (χ1) is 11.5. The van der Waals surface area contributed by atoms with Crippen LogP contribution in [-0.2, 0) is 20.0 Å². The molecule has 25 heavy (non-hydrogen) atoms. The molecule has 0 bridgehead atoms. The molecule has 0 aliphatic rings. The monoisotopic (exact) mass is 383 g/mol. The van der Waals surface area contributed by atoms with Crippen molar-refractivity contribution >= 4 is 32.2 Å². The van der Waals surface area contributed by atoms with Crippen molar-refractivity contribution in [1.82, 2.24) is 10.2 Å². The molecule has 0 unspecified atom stereocenters. The Bertz CT molecular complexity index is 852. The van der Waals surface area contributed by atoms with Crippen LogP contribution >= 0.6 is 11.3 Å². The highest BCUT2D eigenvalue weighted by atomic mass is 32.2. The quantitative estimate of drug-likeness (QED) is 0.797. The fraction of sp³-hybridized carbons (Fsp3) is 0.438. The fourth-order valence-corrected chi connectivity index (χ4v) is 3.42. The molecule has 1 aromatic heterocycles. The normalized spacial score (nSPS) is 13.3. The SMILES string of the molecule is C[C@H](Oc1ccc(C(C)(C)C)cc1)C(=O)Nc1nnc(S(C)(=O)=O)s1. The summed E-state index contributed by atoms with van der Waals surface area (Å²) in [5, 5.41) is 9.82.